The molecule has 0 saturated carbocycles. The molecule has 0 aliphatic carbocycles. The first-order valence-corrected chi connectivity index (χ1v) is 7.86. The summed E-state index contributed by atoms with van der Waals surface area (Å²) in [6.45, 7) is 0. The molecule has 9 heteroatoms. The van der Waals surface area contributed by atoms with E-state index in [4.69, 9.17) is 23.2 Å². The molecule has 0 bridgehead atoms. The highest BCUT2D eigenvalue weighted by Gasteiger charge is 2.32. The highest BCUT2D eigenvalue weighted by Crippen LogP contribution is 2.40. The summed E-state index contributed by atoms with van der Waals surface area (Å²) in [7, 11) is 0.285. The minimum absolute atomic E-state index is 0.165. The zero-order valence-corrected chi connectivity index (χ0v) is 13.2. The molecule has 1 unspecified atom stereocenters. The molecule has 0 spiro atoms. The molecule has 3 nitrogen and oxygen atoms in total. The number of hydrogen-bond donors (Lipinski definition) is 0. The molecule has 0 amide bonds. The van der Waals surface area contributed by atoms with Crippen molar-refractivity contribution in [2.45, 2.75) is 11.2 Å². The Labute approximate surface area is 131 Å². The monoisotopic (exact) mass is 356 g/mol. The van der Waals surface area contributed by atoms with Crippen LogP contribution in [0.4, 0.5) is 13.2 Å². The van der Waals surface area contributed by atoms with Crippen LogP contribution in [0.2, 0.25) is 10.0 Å². The van der Waals surface area contributed by atoms with Gasteiger partial charge in [0.05, 0.1) is 32.1 Å². The molecule has 0 N–H and O–H groups in total. The number of nitrogens with zero attached hydrogens (tertiary/aromatic N) is 2. The number of alkyl halides is 3. The van der Waals surface area contributed by atoms with Gasteiger partial charge >= 0.3 is 6.18 Å². The van der Waals surface area contributed by atoms with Gasteiger partial charge in [0.25, 0.3) is 0 Å². The van der Waals surface area contributed by atoms with E-state index in [1.807, 2.05) is 0 Å². The van der Waals surface area contributed by atoms with E-state index < -0.39 is 22.5 Å². The second kappa shape index (κ2) is 5.62. The van der Waals surface area contributed by atoms with Gasteiger partial charge in [-0.25, -0.2) is 0 Å². The number of aryl methyl sites for hydroxylation is 1. The predicted octanol–water partition coefficient (Wildman–Crippen LogP) is 4.15. The van der Waals surface area contributed by atoms with Crippen molar-refractivity contribution in [3.8, 4) is 11.3 Å². The second-order valence-corrected chi connectivity index (χ2v) is 6.40. The summed E-state index contributed by atoms with van der Waals surface area (Å²) in [6.07, 6.45) is -3.07. The van der Waals surface area contributed by atoms with Gasteiger partial charge in [0, 0.05) is 24.9 Å². The molecular formula is C12H9Cl2F3N2OS. The molecule has 114 valence electrons. The van der Waals surface area contributed by atoms with E-state index in [1.54, 1.807) is 7.05 Å². The van der Waals surface area contributed by atoms with Crippen LogP contribution in [-0.2, 0) is 24.0 Å². The Morgan fingerprint density at radius 3 is 2.10 bits per heavy atom. The molecule has 0 fully saturated rings. The summed E-state index contributed by atoms with van der Waals surface area (Å²) < 4.78 is 50.9. The number of rotatable bonds is 2. The van der Waals surface area contributed by atoms with Crippen molar-refractivity contribution >= 4 is 34.0 Å². The van der Waals surface area contributed by atoms with Crippen LogP contribution < -0.4 is 0 Å². The summed E-state index contributed by atoms with van der Waals surface area (Å²) in [5.74, 6) is 0. The third-order valence-corrected chi connectivity index (χ3v) is 4.32. The molecule has 0 aliphatic rings. The van der Waals surface area contributed by atoms with E-state index in [1.165, 1.54) is 17.0 Å². The lowest BCUT2D eigenvalue weighted by Gasteiger charge is -2.10. The Morgan fingerprint density at radius 2 is 1.71 bits per heavy atom. The maximum Gasteiger partial charge on any atom is 0.416 e. The first-order valence-electron chi connectivity index (χ1n) is 5.55. The lowest BCUT2D eigenvalue weighted by atomic mass is 10.1. The lowest BCUT2D eigenvalue weighted by Crippen LogP contribution is -2.05. The standard InChI is InChI=1S/C12H9Cl2F3N2OS/c1-19-10(21(2)20)5-9(18-19)11-7(13)3-6(4-8(11)14)12(15,16)17/h3-5H,1-2H3. The largest absolute Gasteiger partial charge is 0.416 e. The molecular weight excluding hydrogens is 348 g/mol. The maximum absolute atomic E-state index is 12.7. The van der Waals surface area contributed by atoms with Gasteiger partial charge in [-0.2, -0.15) is 18.3 Å². The Bertz CT molecular complexity index is 705. The molecule has 1 aromatic carbocycles. The summed E-state index contributed by atoms with van der Waals surface area (Å²) in [4.78, 5) is 0. The molecule has 0 radical (unpaired) electrons. The third-order valence-electron chi connectivity index (χ3n) is 2.76. The minimum Gasteiger partial charge on any atom is -0.259 e. The fourth-order valence-electron chi connectivity index (χ4n) is 1.82. The molecule has 0 aliphatic heterocycles. The number of aromatic nitrogens is 2. The highest BCUT2D eigenvalue weighted by atomic mass is 35.5. The van der Waals surface area contributed by atoms with Crippen molar-refractivity contribution in [2.75, 3.05) is 6.26 Å². The van der Waals surface area contributed by atoms with Crippen LogP contribution in [-0.4, -0.2) is 20.2 Å². The Morgan fingerprint density at radius 1 is 1.19 bits per heavy atom. The van der Waals surface area contributed by atoms with Crippen molar-refractivity contribution < 1.29 is 17.4 Å². The number of hydrogen-bond acceptors (Lipinski definition) is 2. The van der Waals surface area contributed by atoms with Crippen molar-refractivity contribution in [2.24, 2.45) is 7.05 Å². The molecule has 2 rings (SSSR count). The van der Waals surface area contributed by atoms with Crippen LogP contribution in [0.1, 0.15) is 5.56 Å². The van der Waals surface area contributed by atoms with E-state index in [0.717, 1.165) is 12.1 Å². The summed E-state index contributed by atoms with van der Waals surface area (Å²) in [5, 5.41) is 4.17. The molecule has 1 atom stereocenters. The van der Waals surface area contributed by atoms with Gasteiger partial charge in [0.15, 0.2) is 0 Å². The summed E-state index contributed by atoms with van der Waals surface area (Å²) in [5.41, 5.74) is -0.485. The van der Waals surface area contributed by atoms with Gasteiger partial charge in [0.2, 0.25) is 0 Å². The Kier molecular flexibility index (Phi) is 4.37. The fraction of sp³-hybridized carbons (Fsp3) is 0.250. The zero-order valence-electron chi connectivity index (χ0n) is 10.8. The van der Waals surface area contributed by atoms with Crippen molar-refractivity contribution in [3.63, 3.8) is 0 Å². The van der Waals surface area contributed by atoms with Crippen LogP contribution in [0.15, 0.2) is 23.2 Å². The zero-order chi connectivity index (χ0) is 15.9. The van der Waals surface area contributed by atoms with Gasteiger partial charge in [-0.05, 0) is 12.1 Å². The number of halogens is 5. The molecule has 21 heavy (non-hydrogen) atoms. The van der Waals surface area contributed by atoms with Crippen LogP contribution in [0.5, 0.6) is 0 Å². The van der Waals surface area contributed by atoms with E-state index >= 15 is 0 Å². The van der Waals surface area contributed by atoms with Crippen LogP contribution in [0.3, 0.4) is 0 Å². The molecule has 1 heterocycles. The van der Waals surface area contributed by atoms with Gasteiger partial charge in [0.1, 0.15) is 5.03 Å². The van der Waals surface area contributed by atoms with Crippen LogP contribution >= 0.6 is 23.2 Å². The average molecular weight is 357 g/mol. The van der Waals surface area contributed by atoms with Gasteiger partial charge in [-0.15, -0.1) is 0 Å². The van der Waals surface area contributed by atoms with Gasteiger partial charge in [-0.3, -0.25) is 8.89 Å². The predicted molar refractivity (Wildman–Crippen MR) is 76.0 cm³/mol. The van der Waals surface area contributed by atoms with Gasteiger partial charge < -0.3 is 0 Å². The van der Waals surface area contributed by atoms with Crippen molar-refractivity contribution in [1.29, 1.82) is 0 Å². The van der Waals surface area contributed by atoms with E-state index in [9.17, 15) is 17.4 Å². The fourth-order valence-corrected chi connectivity index (χ4v) is 3.19. The quantitative estimate of drug-likeness (QED) is 0.809. The first-order chi connectivity index (χ1) is 9.61. The number of benzene rings is 1. The Balaban J connectivity index is 2.60. The van der Waals surface area contributed by atoms with Crippen molar-refractivity contribution in [3.05, 3.63) is 33.8 Å². The average Bonchev–Trinajstić information content (AvgIpc) is 2.69. The molecule has 0 saturated heterocycles. The van der Waals surface area contributed by atoms with Gasteiger partial charge in [-0.1, -0.05) is 23.2 Å². The normalized spacial score (nSPS) is 13.5. The first kappa shape index (κ1) is 16.3. The van der Waals surface area contributed by atoms with Crippen LogP contribution in [0.25, 0.3) is 11.3 Å². The molecule has 2 aromatic rings. The van der Waals surface area contributed by atoms with E-state index in [0.29, 0.717) is 5.03 Å². The highest BCUT2D eigenvalue weighted by molar-refractivity contribution is 7.84. The summed E-state index contributed by atoms with van der Waals surface area (Å²) >= 11 is 11.8. The second-order valence-electron chi connectivity index (χ2n) is 4.26. The minimum atomic E-state index is -4.54. The van der Waals surface area contributed by atoms with E-state index in [-0.39, 0.29) is 21.3 Å². The molecule has 1 aromatic heterocycles. The smallest absolute Gasteiger partial charge is 0.259 e. The van der Waals surface area contributed by atoms with Crippen molar-refractivity contribution in [1.82, 2.24) is 9.78 Å². The third kappa shape index (κ3) is 3.25. The maximum atomic E-state index is 12.7. The van der Waals surface area contributed by atoms with Crippen LogP contribution in [0, 0.1) is 0 Å². The SMILES string of the molecule is Cn1nc(-c2c(Cl)cc(C(F)(F)F)cc2Cl)cc1S(C)=O. The lowest BCUT2D eigenvalue weighted by molar-refractivity contribution is -0.137. The summed E-state index contributed by atoms with van der Waals surface area (Å²) in [6, 6.07) is 3.07. The van der Waals surface area contributed by atoms with E-state index in [2.05, 4.69) is 5.10 Å². The topological polar surface area (TPSA) is 34.9 Å². The Hall–Kier alpha value is -1.05.